The maximum absolute atomic E-state index is 12.2. The van der Waals surface area contributed by atoms with E-state index in [2.05, 4.69) is 16.0 Å². The third-order valence-corrected chi connectivity index (χ3v) is 3.98. The predicted molar refractivity (Wildman–Crippen MR) is 84.9 cm³/mol. The number of hydrogen-bond acceptors (Lipinski definition) is 8. The zero-order valence-electron chi connectivity index (χ0n) is 14.5. The number of hydrogen-bond donors (Lipinski definition) is 4. The zero-order valence-corrected chi connectivity index (χ0v) is 14.5. The topological polar surface area (TPSA) is 135 Å². The minimum absolute atomic E-state index is 0.181. The third-order valence-electron chi connectivity index (χ3n) is 3.98. The number of terminal acetylenes is 1. The minimum Gasteiger partial charge on any atom is -0.465 e. The molecule has 1 amide bonds. The van der Waals surface area contributed by atoms with Crippen LogP contribution in [0.25, 0.3) is 0 Å². The Hall–Kier alpha value is -1.70. The number of esters is 1. The number of nitrogens with one attached hydrogen (secondary N) is 1. The van der Waals surface area contributed by atoms with Gasteiger partial charge in [0.15, 0.2) is 0 Å². The van der Waals surface area contributed by atoms with Crippen LogP contribution < -0.4 is 5.32 Å². The summed E-state index contributed by atoms with van der Waals surface area (Å²) < 4.78 is 15.6. The van der Waals surface area contributed by atoms with Gasteiger partial charge in [-0.05, 0) is 6.42 Å². The van der Waals surface area contributed by atoms with Gasteiger partial charge in [0, 0.05) is 13.3 Å². The molecule has 0 aliphatic carbocycles. The van der Waals surface area contributed by atoms with Gasteiger partial charge in [-0.2, -0.15) is 0 Å². The molecular formula is C16H25NO8. The molecule has 25 heavy (non-hydrogen) atoms. The summed E-state index contributed by atoms with van der Waals surface area (Å²) in [5.41, 5.74) is 0. The van der Waals surface area contributed by atoms with Gasteiger partial charge in [-0.3, -0.25) is 4.79 Å². The Morgan fingerprint density at radius 3 is 2.60 bits per heavy atom. The quantitative estimate of drug-likeness (QED) is 0.312. The second kappa shape index (κ2) is 9.12. The van der Waals surface area contributed by atoms with E-state index in [0.29, 0.717) is 0 Å². The Morgan fingerprint density at radius 1 is 1.48 bits per heavy atom. The van der Waals surface area contributed by atoms with Gasteiger partial charge in [-0.25, -0.2) is 4.79 Å². The van der Waals surface area contributed by atoms with Gasteiger partial charge in [0.2, 0.25) is 5.91 Å². The largest absolute Gasteiger partial charge is 0.465 e. The van der Waals surface area contributed by atoms with Crippen LogP contribution in [0.15, 0.2) is 0 Å². The predicted octanol–water partition coefficient (Wildman–Crippen LogP) is -1.71. The molecule has 0 bridgehead atoms. The summed E-state index contributed by atoms with van der Waals surface area (Å²) in [4.78, 5) is 23.6. The molecule has 0 aromatic rings. The van der Waals surface area contributed by atoms with E-state index in [1.54, 1.807) is 6.92 Å². The molecule has 9 nitrogen and oxygen atoms in total. The lowest BCUT2D eigenvalue weighted by molar-refractivity contribution is -0.308. The molecule has 0 radical (unpaired) electrons. The molecule has 1 aliphatic heterocycles. The molecule has 1 saturated heterocycles. The number of carbonyl (C=O) groups is 2. The molecule has 1 unspecified atom stereocenters. The van der Waals surface area contributed by atoms with Gasteiger partial charge in [0.05, 0.1) is 25.4 Å². The number of carbonyl (C=O) groups excluding carboxylic acids is 2. The maximum Gasteiger partial charge on any atom is 0.366 e. The highest BCUT2D eigenvalue weighted by Crippen LogP contribution is 2.34. The molecule has 1 rings (SSSR count). The molecule has 9 heteroatoms. The van der Waals surface area contributed by atoms with Crippen LogP contribution in [-0.2, 0) is 23.8 Å². The first kappa shape index (κ1) is 21.3. The maximum atomic E-state index is 12.2. The van der Waals surface area contributed by atoms with Gasteiger partial charge in [-0.1, -0.05) is 12.8 Å². The third kappa shape index (κ3) is 4.90. The number of methoxy groups -OCH3 is 1. The van der Waals surface area contributed by atoms with Crippen molar-refractivity contribution in [2.75, 3.05) is 13.7 Å². The van der Waals surface area contributed by atoms with Crippen LogP contribution in [0.3, 0.4) is 0 Å². The van der Waals surface area contributed by atoms with Crippen molar-refractivity contribution in [3.05, 3.63) is 0 Å². The lowest BCUT2D eigenvalue weighted by atomic mass is 9.88. The number of ether oxygens (including phenoxy) is 3. The number of aliphatic hydroxyl groups is 3. The van der Waals surface area contributed by atoms with E-state index < -0.39 is 48.1 Å². The van der Waals surface area contributed by atoms with Gasteiger partial charge >= 0.3 is 5.97 Å². The highest BCUT2D eigenvalue weighted by Gasteiger charge is 2.56. The smallest absolute Gasteiger partial charge is 0.366 e. The summed E-state index contributed by atoms with van der Waals surface area (Å²) >= 11 is 0. The van der Waals surface area contributed by atoms with Gasteiger partial charge < -0.3 is 34.8 Å². The fourth-order valence-electron chi connectivity index (χ4n) is 2.72. The van der Waals surface area contributed by atoms with Crippen molar-refractivity contribution in [2.24, 2.45) is 0 Å². The molecule has 6 atom stereocenters. The average molecular weight is 359 g/mol. The first-order valence-corrected chi connectivity index (χ1v) is 7.87. The molecule has 4 N–H and O–H groups in total. The molecule has 0 saturated carbocycles. The van der Waals surface area contributed by atoms with Crippen molar-refractivity contribution in [2.45, 2.75) is 62.9 Å². The van der Waals surface area contributed by atoms with E-state index in [0.717, 1.165) is 7.11 Å². The first-order valence-electron chi connectivity index (χ1n) is 7.87. The normalized spacial score (nSPS) is 31.5. The van der Waals surface area contributed by atoms with Crippen LogP contribution in [0.1, 0.15) is 26.7 Å². The Bertz CT molecular complexity index is 519. The van der Waals surface area contributed by atoms with Crippen molar-refractivity contribution in [1.29, 1.82) is 0 Å². The molecule has 1 fully saturated rings. The fraction of sp³-hybridized carbons (Fsp3) is 0.750. The lowest BCUT2D eigenvalue weighted by Gasteiger charge is -2.46. The lowest BCUT2D eigenvalue weighted by Crippen LogP contribution is -2.67. The highest BCUT2D eigenvalue weighted by atomic mass is 16.7. The van der Waals surface area contributed by atoms with E-state index in [1.807, 2.05) is 0 Å². The van der Waals surface area contributed by atoms with Crippen molar-refractivity contribution in [1.82, 2.24) is 5.32 Å². The van der Waals surface area contributed by atoms with Crippen molar-refractivity contribution < 1.29 is 39.1 Å². The molecular weight excluding hydrogens is 334 g/mol. The monoisotopic (exact) mass is 359 g/mol. The minimum atomic E-state index is -2.06. The summed E-state index contributed by atoms with van der Waals surface area (Å²) in [5, 5.41) is 33.2. The molecule has 1 heterocycles. The Morgan fingerprint density at radius 2 is 2.12 bits per heavy atom. The second-order valence-corrected chi connectivity index (χ2v) is 5.78. The van der Waals surface area contributed by atoms with Crippen LogP contribution in [0.5, 0.6) is 0 Å². The Kier molecular flexibility index (Phi) is 7.79. The van der Waals surface area contributed by atoms with Crippen LogP contribution in [0, 0.1) is 12.3 Å². The van der Waals surface area contributed by atoms with Crippen LogP contribution >= 0.6 is 0 Å². The van der Waals surface area contributed by atoms with E-state index in [9.17, 15) is 24.9 Å². The van der Waals surface area contributed by atoms with E-state index in [1.165, 1.54) is 6.92 Å². The SMILES string of the molecule is C#CCO[C@]1(C(=O)OC)C[C@@H](O)[C@@H](NC(C)=O)C([C@H](O)[C@H](O)CC)O1. The van der Waals surface area contributed by atoms with E-state index in [-0.39, 0.29) is 19.4 Å². The number of amides is 1. The summed E-state index contributed by atoms with van der Waals surface area (Å²) in [6.07, 6.45) is -0.422. The molecule has 0 spiro atoms. The molecule has 0 aromatic heterocycles. The molecule has 142 valence electrons. The van der Waals surface area contributed by atoms with Crippen molar-refractivity contribution >= 4 is 11.9 Å². The van der Waals surface area contributed by atoms with Crippen LogP contribution in [0.4, 0.5) is 0 Å². The van der Waals surface area contributed by atoms with Gasteiger partial charge in [-0.15, -0.1) is 6.42 Å². The van der Waals surface area contributed by atoms with Crippen molar-refractivity contribution in [3.8, 4) is 12.3 Å². The fourth-order valence-corrected chi connectivity index (χ4v) is 2.72. The molecule has 1 aliphatic rings. The standard InChI is InChI=1S/C16H25NO8/c1-5-7-24-16(15(22)23-4)8-11(20)12(17-9(3)18)14(25-16)13(21)10(19)6-2/h1,10-14,19-21H,6-8H2,2-4H3,(H,17,18)/t10-,11-,12-,13-,14?,16-/m1/s1. The zero-order chi connectivity index (χ0) is 19.2. The molecule has 0 aromatic carbocycles. The Balaban J connectivity index is 3.24. The number of aliphatic hydroxyl groups excluding tert-OH is 3. The summed E-state index contributed by atoms with van der Waals surface area (Å²) in [5.74, 6) is -1.31. The van der Waals surface area contributed by atoms with E-state index >= 15 is 0 Å². The highest BCUT2D eigenvalue weighted by molar-refractivity contribution is 5.78. The summed E-state index contributed by atoms with van der Waals surface area (Å²) in [7, 11) is 1.10. The summed E-state index contributed by atoms with van der Waals surface area (Å²) in [6, 6.07) is -1.07. The second-order valence-electron chi connectivity index (χ2n) is 5.78. The summed E-state index contributed by atoms with van der Waals surface area (Å²) in [6.45, 7) is 2.54. The van der Waals surface area contributed by atoms with E-state index in [4.69, 9.17) is 15.9 Å². The van der Waals surface area contributed by atoms with Gasteiger partial charge in [0.1, 0.15) is 18.8 Å². The van der Waals surface area contributed by atoms with Crippen molar-refractivity contribution in [3.63, 3.8) is 0 Å². The first-order chi connectivity index (χ1) is 11.7. The van der Waals surface area contributed by atoms with Crippen LogP contribution in [0.2, 0.25) is 0 Å². The number of rotatable bonds is 7. The average Bonchev–Trinajstić information content (AvgIpc) is 2.59. The van der Waals surface area contributed by atoms with Gasteiger partial charge in [0.25, 0.3) is 5.79 Å². The van der Waals surface area contributed by atoms with Crippen LogP contribution in [-0.4, -0.2) is 77.2 Å². The Labute approximate surface area is 146 Å².